The van der Waals surface area contributed by atoms with Gasteiger partial charge in [0.2, 0.25) is 5.91 Å². The van der Waals surface area contributed by atoms with E-state index in [9.17, 15) is 13.2 Å². The molecule has 2 N–H and O–H groups in total. The summed E-state index contributed by atoms with van der Waals surface area (Å²) in [6.45, 7) is 1.99. The third-order valence-corrected chi connectivity index (χ3v) is 7.01. The first-order valence-electron chi connectivity index (χ1n) is 9.15. The van der Waals surface area contributed by atoms with Crippen molar-refractivity contribution in [2.24, 2.45) is 0 Å². The van der Waals surface area contributed by atoms with Gasteiger partial charge in [0.25, 0.3) is 16.7 Å². The highest BCUT2D eigenvalue weighted by atomic mass is 32.2. The minimum atomic E-state index is -3.45. The molecule has 1 aromatic rings. The molecule has 0 radical (unpaired) electrons. The van der Waals surface area contributed by atoms with Crippen LogP contribution in [0.1, 0.15) is 19.3 Å². The highest BCUT2D eigenvalue weighted by molar-refractivity contribution is 7.86. The number of rotatable bonds is 5. The normalized spacial score (nSPS) is 19.2. The van der Waals surface area contributed by atoms with E-state index in [0.29, 0.717) is 25.9 Å². The number of carbonyl (C=O) groups is 2. The summed E-state index contributed by atoms with van der Waals surface area (Å²) in [6.07, 6.45) is 1.96. The number of hydrogen-bond donors (Lipinski definition) is 2. The number of hydrogen-bond acceptors (Lipinski definition) is 5. The Morgan fingerprint density at radius 3 is 2.11 bits per heavy atom. The molecule has 1 aromatic carbocycles. The van der Waals surface area contributed by atoms with Gasteiger partial charge in [0.15, 0.2) is 0 Å². The monoisotopic (exact) mass is 412 g/mol. The molecule has 2 fully saturated rings. The summed E-state index contributed by atoms with van der Waals surface area (Å²) in [5.41, 5.74) is 0.153. The minimum absolute atomic E-state index is 0.0875. The summed E-state index contributed by atoms with van der Waals surface area (Å²) in [5.74, 6) is 0.0875. The van der Waals surface area contributed by atoms with E-state index in [4.69, 9.17) is 9.90 Å². The van der Waals surface area contributed by atoms with E-state index in [0.717, 1.165) is 25.2 Å². The van der Waals surface area contributed by atoms with Crippen molar-refractivity contribution in [2.75, 3.05) is 45.6 Å². The number of nitrogens with one attached hydrogen (secondary N) is 1. The molecular weight excluding hydrogens is 384 g/mol. The highest BCUT2D eigenvalue weighted by Crippen LogP contribution is 2.32. The summed E-state index contributed by atoms with van der Waals surface area (Å²) in [6, 6.07) is 9.66. The second-order valence-corrected chi connectivity index (χ2v) is 9.16. The zero-order valence-electron chi connectivity index (χ0n) is 16.2. The van der Waals surface area contributed by atoms with Crippen LogP contribution >= 0.6 is 0 Å². The van der Waals surface area contributed by atoms with Crippen LogP contribution in [0.5, 0.6) is 0 Å². The van der Waals surface area contributed by atoms with Crippen LogP contribution in [0.3, 0.4) is 0 Å². The van der Waals surface area contributed by atoms with Crippen molar-refractivity contribution >= 4 is 28.3 Å². The quantitative estimate of drug-likeness (QED) is 0.688. The molecule has 28 heavy (non-hydrogen) atoms. The van der Waals surface area contributed by atoms with Crippen LogP contribution in [0.2, 0.25) is 0 Å². The molecular formula is C18H28N4O5S. The molecule has 2 heterocycles. The lowest BCUT2D eigenvalue weighted by atomic mass is 9.85. The van der Waals surface area contributed by atoms with Crippen molar-refractivity contribution in [1.29, 1.82) is 0 Å². The molecule has 2 aliphatic heterocycles. The summed E-state index contributed by atoms with van der Waals surface area (Å²) in [5, 5.41) is 10.3. The maximum Gasteiger partial charge on any atom is 0.290 e. The molecule has 1 amide bonds. The average molecular weight is 413 g/mol. The number of piperidine rings is 1. The third-order valence-electron chi connectivity index (χ3n) is 5.07. The van der Waals surface area contributed by atoms with Gasteiger partial charge in [-0.05, 0) is 31.4 Å². The third kappa shape index (κ3) is 4.81. The van der Waals surface area contributed by atoms with Gasteiger partial charge in [-0.15, -0.1) is 0 Å². The van der Waals surface area contributed by atoms with Crippen molar-refractivity contribution in [1.82, 2.24) is 13.5 Å². The number of para-hydroxylation sites is 1. The molecule has 3 rings (SSSR count). The molecule has 9 nitrogen and oxygen atoms in total. The Labute approximate surface area is 166 Å². The number of nitrogens with zero attached hydrogens (tertiary/aromatic N) is 3. The predicted octanol–water partition coefficient (Wildman–Crippen LogP) is 0.673. The van der Waals surface area contributed by atoms with Gasteiger partial charge >= 0.3 is 0 Å². The SMILES string of the molecule is CN(C)S(=O)(=O)N1CCC(Nc2ccccc2)(C(=O)N2CCC2)CC1.O=CO. The second kappa shape index (κ2) is 9.35. The number of anilines is 1. The molecule has 0 bridgehead atoms. The Kier molecular flexibility index (Phi) is 7.39. The van der Waals surface area contributed by atoms with Gasteiger partial charge in [-0.3, -0.25) is 9.59 Å². The topological polar surface area (TPSA) is 110 Å². The van der Waals surface area contributed by atoms with E-state index in [1.165, 1.54) is 22.7 Å². The van der Waals surface area contributed by atoms with E-state index in [2.05, 4.69) is 5.32 Å². The summed E-state index contributed by atoms with van der Waals surface area (Å²) >= 11 is 0. The van der Waals surface area contributed by atoms with Crippen LogP contribution in [0, 0.1) is 0 Å². The number of benzene rings is 1. The zero-order chi connectivity index (χ0) is 20.8. The van der Waals surface area contributed by atoms with Crippen LogP contribution < -0.4 is 5.32 Å². The van der Waals surface area contributed by atoms with E-state index in [1.54, 1.807) is 0 Å². The number of likely N-dealkylation sites (tertiary alicyclic amines) is 1. The van der Waals surface area contributed by atoms with E-state index < -0.39 is 15.7 Å². The maximum atomic E-state index is 13.1. The van der Waals surface area contributed by atoms with Gasteiger partial charge in [0, 0.05) is 46.0 Å². The van der Waals surface area contributed by atoms with Crippen LogP contribution in [-0.4, -0.2) is 85.2 Å². The number of carboxylic acid groups (broad SMARTS) is 1. The van der Waals surface area contributed by atoms with E-state index >= 15 is 0 Å². The molecule has 2 aliphatic rings. The first-order chi connectivity index (χ1) is 13.3. The fourth-order valence-corrected chi connectivity index (χ4v) is 4.45. The van der Waals surface area contributed by atoms with Gasteiger partial charge in [-0.25, -0.2) is 0 Å². The van der Waals surface area contributed by atoms with Crippen LogP contribution in [0.25, 0.3) is 0 Å². The van der Waals surface area contributed by atoms with Crippen molar-refractivity contribution in [3.05, 3.63) is 30.3 Å². The second-order valence-electron chi connectivity index (χ2n) is 7.01. The average Bonchev–Trinajstić information content (AvgIpc) is 2.62. The first kappa shape index (κ1) is 22.1. The Balaban J connectivity index is 0.000000878. The van der Waals surface area contributed by atoms with E-state index in [-0.39, 0.29) is 12.4 Å². The Hall–Kier alpha value is -2.17. The Bertz CT molecular complexity index is 757. The first-order valence-corrected chi connectivity index (χ1v) is 10.5. The Morgan fingerprint density at radius 1 is 1.14 bits per heavy atom. The number of carbonyl (C=O) groups excluding carboxylic acids is 1. The molecule has 2 saturated heterocycles. The van der Waals surface area contributed by atoms with Crippen molar-refractivity contribution in [3.63, 3.8) is 0 Å². The Morgan fingerprint density at radius 2 is 1.68 bits per heavy atom. The molecule has 0 spiro atoms. The summed E-state index contributed by atoms with van der Waals surface area (Å²) in [4.78, 5) is 23.3. The lowest BCUT2D eigenvalue weighted by Crippen LogP contribution is -2.62. The van der Waals surface area contributed by atoms with Crippen LogP contribution in [0.4, 0.5) is 5.69 Å². The molecule has 0 aromatic heterocycles. The van der Waals surface area contributed by atoms with Gasteiger partial charge in [-0.1, -0.05) is 18.2 Å². The van der Waals surface area contributed by atoms with Crippen molar-refractivity contribution < 1.29 is 23.1 Å². The van der Waals surface area contributed by atoms with Crippen LogP contribution in [0.15, 0.2) is 30.3 Å². The molecule has 0 saturated carbocycles. The zero-order valence-corrected chi connectivity index (χ0v) is 17.1. The van der Waals surface area contributed by atoms with Gasteiger partial charge in [0.05, 0.1) is 0 Å². The molecule has 0 atom stereocenters. The summed E-state index contributed by atoms with van der Waals surface area (Å²) < 4.78 is 27.4. The fraction of sp³-hybridized carbons (Fsp3) is 0.556. The smallest absolute Gasteiger partial charge is 0.290 e. The highest BCUT2D eigenvalue weighted by Gasteiger charge is 2.46. The van der Waals surface area contributed by atoms with Crippen LogP contribution in [-0.2, 0) is 19.8 Å². The predicted molar refractivity (Wildman–Crippen MR) is 106 cm³/mol. The van der Waals surface area contributed by atoms with Gasteiger partial charge in [-0.2, -0.15) is 17.0 Å². The maximum absolute atomic E-state index is 13.1. The lowest BCUT2D eigenvalue weighted by Gasteiger charge is -2.46. The fourth-order valence-electron chi connectivity index (χ4n) is 3.34. The lowest BCUT2D eigenvalue weighted by molar-refractivity contribution is -0.141. The number of amides is 1. The molecule has 0 unspecified atom stereocenters. The van der Waals surface area contributed by atoms with Crippen molar-refractivity contribution in [3.8, 4) is 0 Å². The van der Waals surface area contributed by atoms with E-state index in [1.807, 2.05) is 35.2 Å². The minimum Gasteiger partial charge on any atom is -0.483 e. The molecule has 156 valence electrons. The molecule has 0 aliphatic carbocycles. The van der Waals surface area contributed by atoms with Crippen molar-refractivity contribution in [2.45, 2.75) is 24.8 Å². The molecule has 10 heteroatoms. The standard InChI is InChI=1S/C17H26N4O3S.CH2O2/c1-19(2)25(23,24)21-13-9-17(10-14-21,16(22)20-11-6-12-20)18-15-7-4-3-5-8-15;2-1-3/h3-5,7-8,18H,6,9-14H2,1-2H3;1H,(H,2,3). The largest absolute Gasteiger partial charge is 0.483 e. The van der Waals surface area contributed by atoms with Gasteiger partial charge in [0.1, 0.15) is 5.54 Å². The summed E-state index contributed by atoms with van der Waals surface area (Å²) in [7, 11) is -0.382. The van der Waals surface area contributed by atoms with Gasteiger partial charge < -0.3 is 15.3 Å².